The van der Waals surface area contributed by atoms with Crippen LogP contribution in [0.5, 0.6) is 5.75 Å². The van der Waals surface area contributed by atoms with E-state index in [0.29, 0.717) is 24.6 Å². The van der Waals surface area contributed by atoms with Crippen LogP contribution >= 0.6 is 0 Å². The molecular formula is C11H12N2O3. The van der Waals surface area contributed by atoms with Crippen LogP contribution in [0.2, 0.25) is 0 Å². The Kier molecular flexibility index (Phi) is 3.16. The lowest BCUT2D eigenvalue weighted by Gasteiger charge is -1.99. The van der Waals surface area contributed by atoms with Crippen LogP contribution in [0.1, 0.15) is 17.3 Å². The van der Waals surface area contributed by atoms with E-state index in [0.717, 1.165) is 5.56 Å². The van der Waals surface area contributed by atoms with E-state index in [4.69, 9.17) is 9.63 Å². The zero-order valence-electron chi connectivity index (χ0n) is 8.63. The molecule has 16 heavy (non-hydrogen) atoms. The highest BCUT2D eigenvalue weighted by Gasteiger charge is 2.08. The zero-order valence-corrected chi connectivity index (χ0v) is 8.63. The monoisotopic (exact) mass is 220 g/mol. The maximum absolute atomic E-state index is 9.55. The standard InChI is InChI=1S/C11H12N2O3/c14-6-5-10-12-11(16-13-10)7-8-3-1-2-4-9(8)15/h1-4,14-15H,5-7H2. The molecule has 0 amide bonds. The van der Waals surface area contributed by atoms with Crippen LogP contribution in [0.4, 0.5) is 0 Å². The van der Waals surface area contributed by atoms with Crippen molar-refractivity contribution in [2.24, 2.45) is 0 Å². The van der Waals surface area contributed by atoms with Crippen molar-refractivity contribution in [3.05, 3.63) is 41.5 Å². The van der Waals surface area contributed by atoms with Crippen LogP contribution < -0.4 is 0 Å². The van der Waals surface area contributed by atoms with E-state index in [1.54, 1.807) is 18.2 Å². The highest BCUT2D eigenvalue weighted by atomic mass is 16.5. The van der Waals surface area contributed by atoms with Crippen LogP contribution in [0.3, 0.4) is 0 Å². The SMILES string of the molecule is OCCc1noc(Cc2ccccc2O)n1. The van der Waals surface area contributed by atoms with Gasteiger partial charge in [0.05, 0.1) is 13.0 Å². The summed E-state index contributed by atoms with van der Waals surface area (Å²) in [7, 11) is 0. The Bertz CT molecular complexity index is 468. The first kappa shape index (κ1) is 10.6. The average molecular weight is 220 g/mol. The molecule has 0 radical (unpaired) electrons. The predicted molar refractivity (Wildman–Crippen MR) is 56.0 cm³/mol. The largest absolute Gasteiger partial charge is 0.508 e. The molecule has 0 spiro atoms. The fourth-order valence-corrected chi connectivity index (χ4v) is 1.39. The third kappa shape index (κ3) is 2.38. The van der Waals surface area contributed by atoms with Crippen molar-refractivity contribution in [2.75, 3.05) is 6.61 Å². The van der Waals surface area contributed by atoms with Crippen molar-refractivity contribution >= 4 is 0 Å². The van der Waals surface area contributed by atoms with Crippen LogP contribution in [-0.2, 0) is 12.8 Å². The van der Waals surface area contributed by atoms with Crippen molar-refractivity contribution in [3.63, 3.8) is 0 Å². The van der Waals surface area contributed by atoms with Crippen molar-refractivity contribution in [1.29, 1.82) is 0 Å². The Morgan fingerprint density at radius 1 is 1.25 bits per heavy atom. The molecule has 2 N–H and O–H groups in total. The van der Waals surface area contributed by atoms with Crippen LogP contribution in [-0.4, -0.2) is 27.0 Å². The summed E-state index contributed by atoms with van der Waals surface area (Å²) >= 11 is 0. The maximum atomic E-state index is 9.55. The van der Waals surface area contributed by atoms with E-state index in [9.17, 15) is 5.11 Å². The number of hydrogen-bond acceptors (Lipinski definition) is 5. The van der Waals surface area contributed by atoms with Gasteiger partial charge in [0.15, 0.2) is 5.82 Å². The maximum Gasteiger partial charge on any atom is 0.231 e. The third-order valence-corrected chi connectivity index (χ3v) is 2.18. The lowest BCUT2D eigenvalue weighted by molar-refractivity contribution is 0.293. The number of benzene rings is 1. The smallest absolute Gasteiger partial charge is 0.231 e. The quantitative estimate of drug-likeness (QED) is 0.800. The minimum Gasteiger partial charge on any atom is -0.508 e. The van der Waals surface area contributed by atoms with E-state index in [1.165, 1.54) is 0 Å². The summed E-state index contributed by atoms with van der Waals surface area (Å²) in [6, 6.07) is 7.00. The van der Waals surface area contributed by atoms with Crippen LogP contribution in [0.25, 0.3) is 0 Å². The van der Waals surface area contributed by atoms with Gasteiger partial charge in [-0.3, -0.25) is 0 Å². The number of aliphatic hydroxyl groups excluding tert-OH is 1. The normalized spacial score (nSPS) is 10.6. The molecule has 0 aliphatic carbocycles. The number of aromatic hydroxyl groups is 1. The molecule has 84 valence electrons. The average Bonchev–Trinajstić information content (AvgIpc) is 2.70. The number of para-hydroxylation sites is 1. The molecule has 0 fully saturated rings. The Hall–Kier alpha value is -1.88. The summed E-state index contributed by atoms with van der Waals surface area (Å²) in [4.78, 5) is 4.09. The number of phenolic OH excluding ortho intramolecular Hbond substituents is 1. The fraction of sp³-hybridized carbons (Fsp3) is 0.273. The van der Waals surface area contributed by atoms with Gasteiger partial charge in [0.2, 0.25) is 5.89 Å². The zero-order chi connectivity index (χ0) is 11.4. The molecule has 0 unspecified atom stereocenters. The van der Waals surface area contributed by atoms with E-state index in [1.807, 2.05) is 6.07 Å². The van der Waals surface area contributed by atoms with Gasteiger partial charge < -0.3 is 14.7 Å². The molecular weight excluding hydrogens is 208 g/mol. The van der Waals surface area contributed by atoms with Gasteiger partial charge in [0.1, 0.15) is 5.75 Å². The fourth-order valence-electron chi connectivity index (χ4n) is 1.39. The Labute approximate surface area is 92.4 Å². The molecule has 2 rings (SSSR count). The lowest BCUT2D eigenvalue weighted by atomic mass is 10.1. The van der Waals surface area contributed by atoms with Crippen LogP contribution in [0, 0.1) is 0 Å². The summed E-state index contributed by atoms with van der Waals surface area (Å²) in [5.74, 6) is 1.13. The molecule has 1 aromatic carbocycles. The van der Waals surface area contributed by atoms with E-state index in [2.05, 4.69) is 10.1 Å². The Morgan fingerprint density at radius 3 is 2.81 bits per heavy atom. The molecule has 0 bridgehead atoms. The second-order valence-electron chi connectivity index (χ2n) is 3.38. The number of nitrogens with zero attached hydrogens (tertiary/aromatic N) is 2. The first-order valence-electron chi connectivity index (χ1n) is 4.99. The molecule has 5 heteroatoms. The molecule has 0 saturated heterocycles. The molecule has 1 aromatic heterocycles. The van der Waals surface area contributed by atoms with E-state index < -0.39 is 0 Å². The van der Waals surface area contributed by atoms with Crippen molar-refractivity contribution in [1.82, 2.24) is 10.1 Å². The van der Waals surface area contributed by atoms with Gasteiger partial charge in [-0.15, -0.1) is 0 Å². The summed E-state index contributed by atoms with van der Waals surface area (Å²) < 4.78 is 4.99. The highest BCUT2D eigenvalue weighted by molar-refractivity contribution is 5.33. The lowest BCUT2D eigenvalue weighted by Crippen LogP contribution is -1.94. The topological polar surface area (TPSA) is 79.4 Å². The van der Waals surface area contributed by atoms with Gasteiger partial charge in [-0.05, 0) is 6.07 Å². The van der Waals surface area contributed by atoms with Gasteiger partial charge in [-0.1, -0.05) is 23.4 Å². The van der Waals surface area contributed by atoms with E-state index in [-0.39, 0.29) is 12.4 Å². The molecule has 0 saturated carbocycles. The Morgan fingerprint density at radius 2 is 2.06 bits per heavy atom. The molecule has 1 heterocycles. The summed E-state index contributed by atoms with van der Waals surface area (Å²) in [6.45, 7) is -0.00440. The minimum absolute atomic E-state index is 0.00440. The molecule has 2 aromatic rings. The molecule has 0 aliphatic rings. The number of rotatable bonds is 4. The van der Waals surface area contributed by atoms with Gasteiger partial charge in [0.25, 0.3) is 0 Å². The second kappa shape index (κ2) is 4.76. The number of aliphatic hydroxyl groups is 1. The third-order valence-electron chi connectivity index (χ3n) is 2.18. The second-order valence-corrected chi connectivity index (χ2v) is 3.38. The Balaban J connectivity index is 2.11. The number of hydrogen-bond donors (Lipinski definition) is 2. The molecule has 5 nitrogen and oxygen atoms in total. The highest BCUT2D eigenvalue weighted by Crippen LogP contribution is 2.18. The summed E-state index contributed by atoms with van der Waals surface area (Å²) in [6.07, 6.45) is 0.773. The van der Waals surface area contributed by atoms with Gasteiger partial charge in [-0.25, -0.2) is 0 Å². The molecule has 0 atom stereocenters. The van der Waals surface area contributed by atoms with Crippen molar-refractivity contribution < 1.29 is 14.7 Å². The van der Waals surface area contributed by atoms with E-state index >= 15 is 0 Å². The first-order valence-corrected chi connectivity index (χ1v) is 4.99. The van der Waals surface area contributed by atoms with Gasteiger partial charge in [-0.2, -0.15) is 4.98 Å². The van der Waals surface area contributed by atoms with Crippen LogP contribution in [0.15, 0.2) is 28.8 Å². The van der Waals surface area contributed by atoms with Gasteiger partial charge in [0, 0.05) is 12.0 Å². The molecule has 0 aliphatic heterocycles. The number of phenols is 1. The van der Waals surface area contributed by atoms with Crippen molar-refractivity contribution in [2.45, 2.75) is 12.8 Å². The summed E-state index contributed by atoms with van der Waals surface area (Å²) in [5, 5.41) is 22.0. The van der Waals surface area contributed by atoms with Gasteiger partial charge >= 0.3 is 0 Å². The van der Waals surface area contributed by atoms with Crippen molar-refractivity contribution in [3.8, 4) is 5.75 Å². The first-order chi connectivity index (χ1) is 7.79. The summed E-state index contributed by atoms with van der Waals surface area (Å²) in [5.41, 5.74) is 0.738. The minimum atomic E-state index is -0.00440. The predicted octanol–water partition coefficient (Wildman–Crippen LogP) is 0.901. The number of aromatic nitrogens is 2.